The summed E-state index contributed by atoms with van der Waals surface area (Å²) in [5, 5.41) is 12.9. The van der Waals surface area contributed by atoms with Gasteiger partial charge in [-0.15, -0.1) is 0 Å². The molecule has 1 aromatic carbocycles. The number of aliphatic carboxylic acids is 1. The van der Waals surface area contributed by atoms with E-state index in [1.807, 2.05) is 12.1 Å². The van der Waals surface area contributed by atoms with E-state index < -0.39 is 17.4 Å². The lowest BCUT2D eigenvalue weighted by molar-refractivity contribution is -0.144. The van der Waals surface area contributed by atoms with Crippen LogP contribution in [0.2, 0.25) is 5.02 Å². The molecule has 1 amide bonds. The molecular formula is C18H23ClN2O5. The summed E-state index contributed by atoms with van der Waals surface area (Å²) in [5.41, 5.74) is 0.378. The molecule has 1 aromatic rings. The van der Waals surface area contributed by atoms with Crippen LogP contribution >= 0.6 is 11.6 Å². The number of carboxylic acid groups (broad SMARTS) is 1. The van der Waals surface area contributed by atoms with Gasteiger partial charge in [0.1, 0.15) is 0 Å². The van der Waals surface area contributed by atoms with Crippen molar-refractivity contribution in [1.82, 2.24) is 10.2 Å². The summed E-state index contributed by atoms with van der Waals surface area (Å²) in [6, 6.07) is 3.75. The number of rotatable bonds is 5. The first-order valence-corrected chi connectivity index (χ1v) is 8.93. The van der Waals surface area contributed by atoms with Crippen molar-refractivity contribution in [3.63, 3.8) is 0 Å². The Morgan fingerprint density at radius 3 is 2.62 bits per heavy atom. The number of methoxy groups -OCH3 is 2. The fraction of sp³-hybridized carbons (Fsp3) is 0.556. The van der Waals surface area contributed by atoms with Gasteiger partial charge in [-0.05, 0) is 30.5 Å². The summed E-state index contributed by atoms with van der Waals surface area (Å²) in [7, 11) is 3.11. The molecule has 0 saturated carbocycles. The maximum Gasteiger partial charge on any atom is 0.309 e. The fourth-order valence-electron chi connectivity index (χ4n) is 4.02. The predicted octanol–water partition coefficient (Wildman–Crippen LogP) is 1.91. The van der Waals surface area contributed by atoms with Crippen molar-refractivity contribution in [3.05, 3.63) is 22.7 Å². The van der Waals surface area contributed by atoms with Gasteiger partial charge in [-0.2, -0.15) is 0 Å². The molecule has 2 heterocycles. The number of halogens is 1. The molecule has 2 saturated heterocycles. The number of hydrogen-bond acceptors (Lipinski definition) is 5. The van der Waals surface area contributed by atoms with Crippen molar-refractivity contribution < 1.29 is 24.2 Å². The van der Waals surface area contributed by atoms with Gasteiger partial charge in [-0.25, -0.2) is 0 Å². The average Bonchev–Trinajstić information content (AvgIpc) is 2.93. The third-order valence-electron chi connectivity index (χ3n) is 5.39. The molecule has 26 heavy (non-hydrogen) atoms. The summed E-state index contributed by atoms with van der Waals surface area (Å²) in [6.07, 6.45) is 1.31. The third kappa shape index (κ3) is 3.46. The third-order valence-corrected chi connectivity index (χ3v) is 5.67. The van der Waals surface area contributed by atoms with Gasteiger partial charge in [0.05, 0.1) is 30.7 Å². The van der Waals surface area contributed by atoms with E-state index in [0.717, 1.165) is 5.56 Å². The largest absolute Gasteiger partial charge is 0.493 e. The SMILES string of the molecule is COc1cc(CN2CCC3(CC2)NC(=O)CC3C(=O)O)cc(Cl)c1OC. The number of benzene rings is 1. The van der Waals surface area contributed by atoms with Crippen LogP contribution in [0.3, 0.4) is 0 Å². The van der Waals surface area contributed by atoms with Crippen molar-refractivity contribution in [2.75, 3.05) is 27.3 Å². The minimum absolute atomic E-state index is 0.0701. The van der Waals surface area contributed by atoms with Crippen LogP contribution in [0.5, 0.6) is 11.5 Å². The van der Waals surface area contributed by atoms with Crippen molar-refractivity contribution in [1.29, 1.82) is 0 Å². The smallest absolute Gasteiger partial charge is 0.309 e. The van der Waals surface area contributed by atoms with Crippen LogP contribution in [0, 0.1) is 5.92 Å². The highest BCUT2D eigenvalue weighted by Gasteiger charge is 2.51. The van der Waals surface area contributed by atoms with E-state index in [1.54, 1.807) is 14.2 Å². The molecule has 1 atom stereocenters. The molecule has 1 spiro atoms. The van der Waals surface area contributed by atoms with Crippen molar-refractivity contribution in [2.45, 2.75) is 31.3 Å². The number of ether oxygens (including phenoxy) is 2. The van der Waals surface area contributed by atoms with E-state index >= 15 is 0 Å². The molecule has 2 N–H and O–H groups in total. The number of carbonyl (C=O) groups is 2. The lowest BCUT2D eigenvalue weighted by atomic mass is 9.77. The molecule has 0 radical (unpaired) electrons. The number of nitrogens with one attached hydrogen (secondary N) is 1. The lowest BCUT2D eigenvalue weighted by Gasteiger charge is -2.41. The molecular weight excluding hydrogens is 360 g/mol. The first-order chi connectivity index (χ1) is 12.4. The Hall–Kier alpha value is -1.99. The summed E-state index contributed by atoms with van der Waals surface area (Å²) < 4.78 is 10.6. The first-order valence-electron chi connectivity index (χ1n) is 8.55. The van der Waals surface area contributed by atoms with Crippen molar-refractivity contribution in [2.24, 2.45) is 5.92 Å². The highest BCUT2D eigenvalue weighted by molar-refractivity contribution is 6.32. The molecule has 3 rings (SSSR count). The number of carboxylic acids is 1. The van der Waals surface area contributed by atoms with E-state index in [0.29, 0.717) is 49.0 Å². The molecule has 142 valence electrons. The zero-order valence-electron chi connectivity index (χ0n) is 14.9. The van der Waals surface area contributed by atoms with Crippen LogP contribution in [0.4, 0.5) is 0 Å². The number of amides is 1. The summed E-state index contributed by atoms with van der Waals surface area (Å²) in [6.45, 7) is 2.08. The molecule has 7 nitrogen and oxygen atoms in total. The summed E-state index contributed by atoms with van der Waals surface area (Å²) >= 11 is 6.26. The van der Waals surface area contributed by atoms with E-state index in [1.165, 1.54) is 0 Å². The molecule has 8 heteroatoms. The van der Waals surface area contributed by atoms with Crippen molar-refractivity contribution in [3.8, 4) is 11.5 Å². The second-order valence-electron chi connectivity index (χ2n) is 6.89. The van der Waals surface area contributed by atoms with E-state index in [2.05, 4.69) is 10.2 Å². The summed E-state index contributed by atoms with van der Waals surface area (Å²) in [4.78, 5) is 25.5. The average molecular weight is 383 g/mol. The molecule has 2 aliphatic heterocycles. The van der Waals surface area contributed by atoms with Gasteiger partial charge in [0.15, 0.2) is 11.5 Å². The topological polar surface area (TPSA) is 88.1 Å². The van der Waals surface area contributed by atoms with Gasteiger partial charge in [0.25, 0.3) is 0 Å². The molecule has 2 fully saturated rings. The standard InChI is InChI=1S/C18H23ClN2O5/c1-25-14-8-11(7-13(19)16(14)26-2)10-21-5-3-18(4-6-21)12(17(23)24)9-15(22)20-18/h7-8,12H,3-6,9-10H2,1-2H3,(H,20,22)(H,23,24). The Balaban J connectivity index is 1.69. The number of carbonyl (C=O) groups excluding carboxylic acids is 1. The van der Waals surface area contributed by atoms with E-state index in [-0.39, 0.29) is 12.3 Å². The fourth-order valence-corrected chi connectivity index (χ4v) is 4.34. The van der Waals surface area contributed by atoms with E-state index in [4.69, 9.17) is 21.1 Å². The first kappa shape index (κ1) is 18.8. The molecule has 0 bridgehead atoms. The Morgan fingerprint density at radius 1 is 1.35 bits per heavy atom. The lowest BCUT2D eigenvalue weighted by Crippen LogP contribution is -2.55. The quantitative estimate of drug-likeness (QED) is 0.808. The monoisotopic (exact) mass is 382 g/mol. The van der Waals surface area contributed by atoms with Crippen LogP contribution in [-0.2, 0) is 16.1 Å². The minimum atomic E-state index is -0.900. The number of hydrogen-bond donors (Lipinski definition) is 2. The van der Waals surface area contributed by atoms with Gasteiger partial charge in [0, 0.05) is 26.1 Å². The van der Waals surface area contributed by atoms with Crippen LogP contribution in [-0.4, -0.2) is 54.7 Å². The molecule has 1 unspecified atom stereocenters. The zero-order valence-corrected chi connectivity index (χ0v) is 15.6. The maximum absolute atomic E-state index is 11.7. The van der Waals surface area contributed by atoms with Gasteiger partial charge in [0.2, 0.25) is 5.91 Å². The Kier molecular flexibility index (Phi) is 5.29. The minimum Gasteiger partial charge on any atom is -0.493 e. The zero-order chi connectivity index (χ0) is 18.9. The highest BCUT2D eigenvalue weighted by Crippen LogP contribution is 2.39. The highest BCUT2D eigenvalue weighted by atomic mass is 35.5. The van der Waals surface area contributed by atoms with Gasteiger partial charge < -0.3 is 19.9 Å². The Labute approximate surface area is 157 Å². The van der Waals surface area contributed by atoms with Crippen molar-refractivity contribution >= 4 is 23.5 Å². The second kappa shape index (κ2) is 7.32. The number of likely N-dealkylation sites (tertiary alicyclic amines) is 1. The van der Waals surface area contributed by atoms with Gasteiger partial charge >= 0.3 is 5.97 Å². The van der Waals surface area contributed by atoms with Crippen LogP contribution in [0.1, 0.15) is 24.8 Å². The maximum atomic E-state index is 11.7. The normalized spacial score (nSPS) is 22.3. The summed E-state index contributed by atoms with van der Waals surface area (Å²) in [5.74, 6) is -0.625. The van der Waals surface area contributed by atoms with Gasteiger partial charge in [-0.3, -0.25) is 14.5 Å². The number of piperidine rings is 1. The van der Waals surface area contributed by atoms with E-state index in [9.17, 15) is 14.7 Å². The second-order valence-corrected chi connectivity index (χ2v) is 7.30. The van der Waals surface area contributed by atoms with Gasteiger partial charge in [-0.1, -0.05) is 11.6 Å². The van der Waals surface area contributed by atoms with Crippen LogP contribution in [0.25, 0.3) is 0 Å². The molecule has 0 aromatic heterocycles. The molecule has 2 aliphatic rings. The Bertz CT molecular complexity index is 716. The predicted molar refractivity (Wildman–Crippen MR) is 95.7 cm³/mol. The van der Waals surface area contributed by atoms with Crippen LogP contribution < -0.4 is 14.8 Å². The molecule has 0 aliphatic carbocycles. The van der Waals surface area contributed by atoms with Crippen LogP contribution in [0.15, 0.2) is 12.1 Å². The number of nitrogens with zero attached hydrogens (tertiary/aromatic N) is 1. The Morgan fingerprint density at radius 2 is 2.04 bits per heavy atom.